The maximum atomic E-state index is 5.24. The van der Waals surface area contributed by atoms with Crippen molar-refractivity contribution < 1.29 is 4.74 Å². The van der Waals surface area contributed by atoms with E-state index in [1.54, 1.807) is 18.4 Å². The first-order chi connectivity index (χ1) is 11.2. The van der Waals surface area contributed by atoms with Gasteiger partial charge in [0.05, 0.1) is 18.5 Å². The third-order valence-corrected chi connectivity index (χ3v) is 4.46. The molecule has 5 heteroatoms. The molecule has 0 aliphatic rings. The van der Waals surface area contributed by atoms with E-state index < -0.39 is 0 Å². The number of rotatable bonds is 4. The van der Waals surface area contributed by atoms with E-state index in [-0.39, 0.29) is 17.0 Å². The number of aromatic nitrogens is 1. The Balaban J connectivity index is 0.00000208. The molecule has 2 aromatic carbocycles. The van der Waals surface area contributed by atoms with Crippen LogP contribution in [0.4, 0.5) is 5.69 Å². The predicted molar refractivity (Wildman–Crippen MR) is 107 cm³/mol. The van der Waals surface area contributed by atoms with Gasteiger partial charge in [-0.05, 0) is 55.8 Å². The molecule has 0 spiro atoms. The van der Waals surface area contributed by atoms with E-state index in [4.69, 9.17) is 9.73 Å². The number of hydrogen-bond donors (Lipinski definition) is 0. The lowest BCUT2D eigenvalue weighted by Gasteiger charge is -2.13. The van der Waals surface area contributed by atoms with Gasteiger partial charge < -0.3 is 9.30 Å². The van der Waals surface area contributed by atoms with Gasteiger partial charge in [0.25, 0.3) is 0 Å². The molecule has 126 valence electrons. The lowest BCUT2D eigenvalue weighted by atomic mass is 10.1. The number of methoxy groups -OCH3 is 1. The van der Waals surface area contributed by atoms with Gasteiger partial charge in [0.15, 0.2) is 4.80 Å². The molecule has 0 aliphatic carbocycles. The van der Waals surface area contributed by atoms with Crippen LogP contribution in [0.1, 0.15) is 19.9 Å². The van der Waals surface area contributed by atoms with Gasteiger partial charge >= 0.3 is 0 Å². The number of nitrogens with zero attached hydrogens (tertiary/aromatic N) is 2. The van der Waals surface area contributed by atoms with Crippen LogP contribution >= 0.6 is 28.3 Å². The fourth-order valence-corrected chi connectivity index (χ4v) is 3.53. The molecule has 3 aromatic rings. The zero-order valence-electron chi connectivity index (χ0n) is 14.0. The highest BCUT2D eigenvalue weighted by atomic mass is 79.9. The van der Waals surface area contributed by atoms with Crippen LogP contribution in [-0.4, -0.2) is 11.7 Å². The Morgan fingerprint density at radius 1 is 1.00 bits per heavy atom. The van der Waals surface area contributed by atoms with Gasteiger partial charge in [-0.25, -0.2) is 4.99 Å². The molecule has 0 aliphatic heterocycles. The average Bonchev–Trinajstić information content (AvgIpc) is 2.99. The largest absolute Gasteiger partial charge is 0.497 e. The Morgan fingerprint density at radius 3 is 2.25 bits per heavy atom. The smallest absolute Gasteiger partial charge is 0.190 e. The summed E-state index contributed by atoms with van der Waals surface area (Å²) in [6.45, 7) is 4.37. The van der Waals surface area contributed by atoms with E-state index in [9.17, 15) is 0 Å². The Labute approximate surface area is 157 Å². The standard InChI is InChI=1S/C19H20N2OS.BrH/c1-14(2)21-18(15-9-11-17(22-3)12-10-15)13-23-19(21)20-16-7-5-4-6-8-16;/h4-14H,1-3H3;1H. The Bertz CT molecular complexity index is 836. The molecule has 1 heterocycles. The van der Waals surface area contributed by atoms with E-state index in [1.165, 1.54) is 11.3 Å². The van der Waals surface area contributed by atoms with Crippen molar-refractivity contribution in [3.05, 3.63) is 64.8 Å². The third kappa shape index (κ3) is 3.97. The SMILES string of the molecule is Br.COc1ccc(-c2csc(=Nc3ccccc3)n2C(C)C)cc1. The summed E-state index contributed by atoms with van der Waals surface area (Å²) in [6.07, 6.45) is 0. The van der Waals surface area contributed by atoms with E-state index in [0.717, 1.165) is 16.2 Å². The fraction of sp³-hybridized carbons (Fsp3) is 0.211. The van der Waals surface area contributed by atoms with Crippen molar-refractivity contribution in [2.24, 2.45) is 4.99 Å². The van der Waals surface area contributed by atoms with Gasteiger partial charge in [0.1, 0.15) is 5.75 Å². The van der Waals surface area contributed by atoms with Gasteiger partial charge in [0, 0.05) is 11.4 Å². The van der Waals surface area contributed by atoms with Gasteiger partial charge in [0.2, 0.25) is 0 Å². The monoisotopic (exact) mass is 404 g/mol. The van der Waals surface area contributed by atoms with Crippen LogP contribution in [0.3, 0.4) is 0 Å². The number of benzene rings is 2. The van der Waals surface area contributed by atoms with E-state index in [0.29, 0.717) is 6.04 Å². The molecule has 3 rings (SSSR count). The number of ether oxygens (including phenoxy) is 1. The van der Waals surface area contributed by atoms with Crippen molar-refractivity contribution in [1.82, 2.24) is 4.57 Å². The van der Waals surface area contributed by atoms with Crippen molar-refractivity contribution >= 4 is 34.0 Å². The molecule has 0 fully saturated rings. The highest BCUT2D eigenvalue weighted by Gasteiger charge is 2.11. The van der Waals surface area contributed by atoms with Crippen molar-refractivity contribution in [2.75, 3.05) is 7.11 Å². The Kier molecular flexibility index (Phi) is 6.40. The zero-order valence-corrected chi connectivity index (χ0v) is 16.5. The summed E-state index contributed by atoms with van der Waals surface area (Å²) in [5.41, 5.74) is 3.33. The second-order valence-corrected chi connectivity index (χ2v) is 6.38. The summed E-state index contributed by atoms with van der Waals surface area (Å²) in [7, 11) is 1.69. The molecule has 0 N–H and O–H groups in total. The number of thiazole rings is 1. The number of halogens is 1. The van der Waals surface area contributed by atoms with Crippen LogP contribution in [0.2, 0.25) is 0 Å². The van der Waals surface area contributed by atoms with Gasteiger partial charge in [-0.15, -0.1) is 28.3 Å². The molecular formula is C19H21BrN2OS. The summed E-state index contributed by atoms with van der Waals surface area (Å²) >= 11 is 1.67. The van der Waals surface area contributed by atoms with E-state index in [1.807, 2.05) is 42.5 Å². The quantitative estimate of drug-likeness (QED) is 0.554. The molecule has 0 unspecified atom stereocenters. The van der Waals surface area contributed by atoms with Gasteiger partial charge in [-0.1, -0.05) is 18.2 Å². The van der Waals surface area contributed by atoms with Crippen LogP contribution in [0.15, 0.2) is 65.0 Å². The highest BCUT2D eigenvalue weighted by Crippen LogP contribution is 2.25. The first-order valence-electron chi connectivity index (χ1n) is 7.63. The summed E-state index contributed by atoms with van der Waals surface area (Å²) in [4.78, 5) is 5.81. The lowest BCUT2D eigenvalue weighted by molar-refractivity contribution is 0.415. The first kappa shape index (κ1) is 18.5. The molecule has 0 bridgehead atoms. The lowest BCUT2D eigenvalue weighted by Crippen LogP contribution is -2.17. The third-order valence-electron chi connectivity index (χ3n) is 3.62. The van der Waals surface area contributed by atoms with Crippen molar-refractivity contribution in [2.45, 2.75) is 19.9 Å². The average molecular weight is 405 g/mol. The minimum atomic E-state index is 0. The molecule has 0 amide bonds. The van der Waals surface area contributed by atoms with Gasteiger partial charge in [-0.2, -0.15) is 0 Å². The number of para-hydroxylation sites is 1. The predicted octanol–water partition coefficient (Wildman–Crippen LogP) is 5.62. The van der Waals surface area contributed by atoms with Crippen LogP contribution in [-0.2, 0) is 0 Å². The molecule has 0 atom stereocenters. The summed E-state index contributed by atoms with van der Waals surface area (Å²) < 4.78 is 7.52. The minimum absolute atomic E-state index is 0. The van der Waals surface area contributed by atoms with Crippen LogP contribution in [0.5, 0.6) is 5.75 Å². The molecule has 1 aromatic heterocycles. The Hall–Kier alpha value is -1.85. The second kappa shape index (κ2) is 8.31. The minimum Gasteiger partial charge on any atom is -0.497 e. The maximum absolute atomic E-state index is 5.24. The molecule has 0 radical (unpaired) electrons. The molecular weight excluding hydrogens is 384 g/mol. The van der Waals surface area contributed by atoms with Crippen LogP contribution in [0, 0.1) is 0 Å². The molecule has 24 heavy (non-hydrogen) atoms. The Morgan fingerprint density at radius 2 is 1.67 bits per heavy atom. The number of hydrogen-bond acceptors (Lipinski definition) is 3. The van der Waals surface area contributed by atoms with Crippen molar-refractivity contribution in [3.63, 3.8) is 0 Å². The second-order valence-electron chi connectivity index (χ2n) is 5.54. The van der Waals surface area contributed by atoms with Crippen molar-refractivity contribution in [1.29, 1.82) is 0 Å². The normalized spacial score (nSPS) is 11.4. The molecule has 3 nitrogen and oxygen atoms in total. The summed E-state index contributed by atoms with van der Waals surface area (Å²) in [6, 6.07) is 18.6. The van der Waals surface area contributed by atoms with Crippen molar-refractivity contribution in [3.8, 4) is 17.0 Å². The fourth-order valence-electron chi connectivity index (χ4n) is 2.49. The molecule has 0 saturated heterocycles. The highest BCUT2D eigenvalue weighted by molar-refractivity contribution is 8.93. The van der Waals surface area contributed by atoms with E-state index >= 15 is 0 Å². The summed E-state index contributed by atoms with van der Waals surface area (Å²) in [5, 5.41) is 2.17. The molecule has 0 saturated carbocycles. The zero-order chi connectivity index (χ0) is 16.2. The van der Waals surface area contributed by atoms with Gasteiger partial charge in [-0.3, -0.25) is 0 Å². The topological polar surface area (TPSA) is 26.5 Å². The summed E-state index contributed by atoms with van der Waals surface area (Å²) in [5.74, 6) is 0.870. The first-order valence-corrected chi connectivity index (χ1v) is 8.51. The van der Waals surface area contributed by atoms with Crippen LogP contribution in [0.25, 0.3) is 11.3 Å². The van der Waals surface area contributed by atoms with Crippen LogP contribution < -0.4 is 9.54 Å². The van der Waals surface area contributed by atoms with E-state index in [2.05, 4.69) is 35.9 Å². The maximum Gasteiger partial charge on any atom is 0.190 e.